The Hall–Kier alpha value is -1.82. The molecule has 0 radical (unpaired) electrons. The molecule has 1 N–H and O–H groups in total. The highest BCUT2D eigenvalue weighted by atomic mass is 19.1. The highest BCUT2D eigenvalue weighted by Gasteiger charge is 2.27. The van der Waals surface area contributed by atoms with E-state index in [0.29, 0.717) is 24.9 Å². The van der Waals surface area contributed by atoms with Gasteiger partial charge in [-0.15, -0.1) is 0 Å². The van der Waals surface area contributed by atoms with Crippen molar-refractivity contribution in [1.29, 1.82) is 0 Å². The molecule has 0 bridgehead atoms. The van der Waals surface area contributed by atoms with Crippen LogP contribution < -0.4 is 10.1 Å². The highest BCUT2D eigenvalue weighted by molar-refractivity contribution is 5.74. The zero-order chi connectivity index (χ0) is 18.9. The van der Waals surface area contributed by atoms with Crippen molar-refractivity contribution in [3.05, 3.63) is 30.1 Å². The van der Waals surface area contributed by atoms with Crippen molar-refractivity contribution in [3.8, 4) is 5.75 Å². The van der Waals surface area contributed by atoms with E-state index in [1.165, 1.54) is 44.5 Å². The molecule has 27 heavy (non-hydrogen) atoms. The Morgan fingerprint density at radius 1 is 1.04 bits per heavy atom. The van der Waals surface area contributed by atoms with Crippen molar-refractivity contribution in [1.82, 2.24) is 15.1 Å². The first-order valence-corrected chi connectivity index (χ1v) is 10.4. The van der Waals surface area contributed by atoms with Gasteiger partial charge < -0.3 is 19.9 Å². The minimum atomic E-state index is -0.259. The third-order valence-electron chi connectivity index (χ3n) is 5.59. The summed E-state index contributed by atoms with van der Waals surface area (Å²) in [6.07, 6.45) is 7.94. The van der Waals surface area contributed by atoms with E-state index in [1.54, 1.807) is 12.1 Å². The summed E-state index contributed by atoms with van der Waals surface area (Å²) in [5, 5.41) is 3.02. The van der Waals surface area contributed by atoms with Crippen molar-refractivity contribution in [2.45, 2.75) is 51.0 Å². The van der Waals surface area contributed by atoms with Crippen LogP contribution in [-0.4, -0.2) is 61.2 Å². The zero-order valence-electron chi connectivity index (χ0n) is 16.2. The topological polar surface area (TPSA) is 44.8 Å². The summed E-state index contributed by atoms with van der Waals surface area (Å²) in [5.41, 5.74) is 0. The van der Waals surface area contributed by atoms with Gasteiger partial charge >= 0.3 is 6.03 Å². The first-order valence-electron chi connectivity index (χ1n) is 10.4. The Balaban J connectivity index is 1.24. The number of ether oxygens (including phenoxy) is 1. The number of piperidine rings is 2. The number of benzene rings is 1. The molecule has 3 rings (SSSR count). The molecule has 2 amide bonds. The lowest BCUT2D eigenvalue weighted by molar-refractivity contribution is 0.101. The highest BCUT2D eigenvalue weighted by Crippen LogP contribution is 2.20. The third kappa shape index (κ3) is 6.38. The van der Waals surface area contributed by atoms with Crippen molar-refractivity contribution in [2.24, 2.45) is 0 Å². The number of nitrogens with one attached hydrogen (secondary N) is 1. The Labute approximate surface area is 161 Å². The number of hydrogen-bond donors (Lipinski definition) is 1. The monoisotopic (exact) mass is 377 g/mol. The summed E-state index contributed by atoms with van der Waals surface area (Å²) in [5.74, 6) is 0.419. The molecule has 2 fully saturated rings. The number of likely N-dealkylation sites (tertiary alicyclic amines) is 2. The number of nitrogens with zero attached hydrogens (tertiary/aromatic N) is 2. The number of halogens is 1. The number of carbonyl (C=O) groups excluding carboxylic acids is 1. The van der Waals surface area contributed by atoms with E-state index in [0.717, 1.165) is 38.8 Å². The molecule has 0 aromatic heterocycles. The Bertz CT molecular complexity index is 567. The normalized spacial score (nSPS) is 19.1. The molecular weight excluding hydrogens is 345 g/mol. The summed E-state index contributed by atoms with van der Waals surface area (Å²) >= 11 is 0. The summed E-state index contributed by atoms with van der Waals surface area (Å²) in [4.78, 5) is 16.9. The second kappa shape index (κ2) is 10.5. The summed E-state index contributed by atoms with van der Waals surface area (Å²) < 4.78 is 18.4. The first-order chi connectivity index (χ1) is 13.2. The minimum absolute atomic E-state index is 0.0616. The summed E-state index contributed by atoms with van der Waals surface area (Å²) in [6, 6.07) is 6.77. The average molecular weight is 378 g/mol. The lowest BCUT2D eigenvalue weighted by Crippen LogP contribution is -2.50. The quantitative estimate of drug-likeness (QED) is 0.738. The lowest BCUT2D eigenvalue weighted by atomic mass is 10.0. The van der Waals surface area contributed by atoms with Crippen LogP contribution in [0.25, 0.3) is 0 Å². The molecular formula is C21H32FN3O2. The Kier molecular flexibility index (Phi) is 7.75. The first kappa shape index (κ1) is 19.9. The van der Waals surface area contributed by atoms with Crippen molar-refractivity contribution in [3.63, 3.8) is 0 Å². The molecule has 1 aromatic carbocycles. The molecule has 2 saturated heterocycles. The molecule has 0 aliphatic carbocycles. The maximum atomic E-state index is 12.8. The third-order valence-corrected chi connectivity index (χ3v) is 5.59. The van der Waals surface area contributed by atoms with Crippen LogP contribution in [0.4, 0.5) is 9.18 Å². The van der Waals surface area contributed by atoms with Crippen LogP contribution in [0, 0.1) is 5.82 Å². The second-order valence-electron chi connectivity index (χ2n) is 7.56. The van der Waals surface area contributed by atoms with Crippen LogP contribution in [0.2, 0.25) is 0 Å². The molecule has 0 spiro atoms. The van der Waals surface area contributed by atoms with Gasteiger partial charge in [-0.2, -0.15) is 0 Å². The molecule has 2 aliphatic heterocycles. The predicted molar refractivity (Wildman–Crippen MR) is 105 cm³/mol. The van der Waals surface area contributed by atoms with Gasteiger partial charge in [-0.3, -0.25) is 0 Å². The number of rotatable bonds is 7. The van der Waals surface area contributed by atoms with Gasteiger partial charge in [0.05, 0.1) is 6.61 Å². The predicted octanol–water partition coefficient (Wildman–Crippen LogP) is 3.64. The standard InChI is InChI=1S/C21H32FN3O2/c22-18-6-8-20(9-7-18)27-17-5-2-12-23-21(26)25-15-10-19(11-16-25)24-13-3-1-4-14-24/h6-9,19H,1-5,10-17H2,(H,23,26). The molecule has 0 saturated carbocycles. The zero-order valence-corrected chi connectivity index (χ0v) is 16.2. The maximum Gasteiger partial charge on any atom is 0.317 e. The SMILES string of the molecule is O=C(NCCCCOc1ccc(F)cc1)N1CCC(N2CCCCC2)CC1. The Morgan fingerprint density at radius 2 is 1.74 bits per heavy atom. The van der Waals surface area contributed by atoms with Crippen LogP contribution in [0.1, 0.15) is 44.9 Å². The van der Waals surface area contributed by atoms with Crippen LogP contribution in [-0.2, 0) is 0 Å². The van der Waals surface area contributed by atoms with Crippen LogP contribution in [0.3, 0.4) is 0 Å². The fourth-order valence-corrected chi connectivity index (χ4v) is 3.97. The van der Waals surface area contributed by atoms with Crippen molar-refractivity contribution in [2.75, 3.05) is 39.3 Å². The smallest absolute Gasteiger partial charge is 0.317 e. The van der Waals surface area contributed by atoms with Crippen molar-refractivity contribution < 1.29 is 13.9 Å². The maximum absolute atomic E-state index is 12.8. The van der Waals surface area contributed by atoms with Gasteiger partial charge in [-0.25, -0.2) is 9.18 Å². The molecule has 0 unspecified atom stereocenters. The molecule has 5 nitrogen and oxygen atoms in total. The van der Waals surface area contributed by atoms with Gasteiger partial charge in [0.1, 0.15) is 11.6 Å². The number of amides is 2. The van der Waals surface area contributed by atoms with Gasteiger partial charge in [-0.1, -0.05) is 6.42 Å². The van der Waals surface area contributed by atoms with Crippen LogP contribution in [0.15, 0.2) is 24.3 Å². The number of hydrogen-bond acceptors (Lipinski definition) is 3. The molecule has 2 heterocycles. The second-order valence-corrected chi connectivity index (χ2v) is 7.56. The van der Waals surface area contributed by atoms with E-state index < -0.39 is 0 Å². The number of carbonyl (C=O) groups is 1. The van der Waals surface area contributed by atoms with Gasteiger partial charge in [0.2, 0.25) is 0 Å². The van der Waals surface area contributed by atoms with E-state index in [1.807, 2.05) is 4.90 Å². The lowest BCUT2D eigenvalue weighted by Gasteiger charge is -2.40. The average Bonchev–Trinajstić information content (AvgIpc) is 2.72. The molecule has 150 valence electrons. The molecule has 6 heteroatoms. The number of unbranched alkanes of at least 4 members (excludes halogenated alkanes) is 1. The van der Waals surface area contributed by atoms with E-state index in [-0.39, 0.29) is 11.8 Å². The number of urea groups is 1. The fourth-order valence-electron chi connectivity index (χ4n) is 3.97. The van der Waals surface area contributed by atoms with Gasteiger partial charge in [-0.05, 0) is 75.9 Å². The van der Waals surface area contributed by atoms with Crippen LogP contribution >= 0.6 is 0 Å². The largest absolute Gasteiger partial charge is 0.494 e. The van der Waals surface area contributed by atoms with Gasteiger partial charge in [0.25, 0.3) is 0 Å². The van der Waals surface area contributed by atoms with Gasteiger partial charge in [0.15, 0.2) is 0 Å². The van der Waals surface area contributed by atoms with Crippen LogP contribution in [0.5, 0.6) is 5.75 Å². The minimum Gasteiger partial charge on any atom is -0.494 e. The molecule has 1 aromatic rings. The van der Waals surface area contributed by atoms with Crippen molar-refractivity contribution >= 4 is 6.03 Å². The van der Waals surface area contributed by atoms with E-state index in [2.05, 4.69) is 10.2 Å². The fraction of sp³-hybridized carbons (Fsp3) is 0.667. The van der Waals surface area contributed by atoms with Gasteiger partial charge in [0, 0.05) is 25.7 Å². The van der Waals surface area contributed by atoms with E-state index in [9.17, 15) is 9.18 Å². The Morgan fingerprint density at radius 3 is 2.44 bits per heavy atom. The molecule has 0 atom stereocenters. The van der Waals surface area contributed by atoms with E-state index in [4.69, 9.17) is 4.74 Å². The van der Waals surface area contributed by atoms with E-state index >= 15 is 0 Å². The molecule has 2 aliphatic rings. The summed E-state index contributed by atoms with van der Waals surface area (Å²) in [7, 11) is 0. The summed E-state index contributed by atoms with van der Waals surface area (Å²) in [6.45, 7) is 5.43.